The molecule has 2 unspecified atom stereocenters. The molecule has 0 radical (unpaired) electrons. The number of urea groups is 1. The van der Waals surface area contributed by atoms with Crippen molar-refractivity contribution in [2.24, 2.45) is 22.4 Å². The number of benzene rings is 3. The molecular formula is C61H80IN13O9. The van der Waals surface area contributed by atoms with Crippen molar-refractivity contribution in [1.82, 2.24) is 41.4 Å². The van der Waals surface area contributed by atoms with E-state index in [1.807, 2.05) is 56.9 Å². The SMILES string of the molecule is CCCN(CCC)C(=O)C1=Cc2ccc(C(=O)Nc3cnc4c(c3)CN(Cc3ccc(C(=O)NCCNC(=O)OCc5ccc(NC(=O)C(CCCNC(N)=O)NC(=O)C(NC(=O)CCCCCI)C(C)C)cc5)cc3)CC4)cc2N=C(N)C1. The number of amides is 9. The van der Waals surface area contributed by atoms with E-state index in [-0.39, 0.29) is 68.6 Å². The number of carbonyl (C=O) groups excluding carboxylic acids is 8. The quantitative estimate of drug-likeness (QED) is 0.0145. The number of hydrogen-bond acceptors (Lipinski definition) is 13. The number of aliphatic imine (C=N–C) groups is 1. The third-order valence-electron chi connectivity index (χ3n) is 14.0. The predicted octanol–water partition coefficient (Wildman–Crippen LogP) is 6.98. The van der Waals surface area contributed by atoms with Gasteiger partial charge >= 0.3 is 12.1 Å². The van der Waals surface area contributed by atoms with E-state index >= 15 is 0 Å². The van der Waals surface area contributed by atoms with Crippen molar-refractivity contribution >= 4 is 99.1 Å². The molecule has 0 fully saturated rings. The first kappa shape index (κ1) is 65.2. The summed E-state index contributed by atoms with van der Waals surface area (Å²) in [5, 5.41) is 19.3. The molecule has 3 aromatic carbocycles. The topological polar surface area (TPSA) is 314 Å². The smallest absolute Gasteiger partial charge is 0.407 e. The van der Waals surface area contributed by atoms with Gasteiger partial charge in [-0.05, 0) is 114 Å². The molecule has 0 aliphatic carbocycles. The Labute approximate surface area is 505 Å². The monoisotopic (exact) mass is 1270 g/mol. The number of alkyl halides is 1. The van der Waals surface area contributed by atoms with Crippen molar-refractivity contribution in [1.29, 1.82) is 0 Å². The minimum absolute atomic E-state index is 0.0545. The van der Waals surface area contributed by atoms with Crippen LogP contribution in [0.4, 0.5) is 26.7 Å². The Morgan fingerprint density at radius 3 is 2.18 bits per heavy atom. The van der Waals surface area contributed by atoms with E-state index in [0.717, 1.165) is 59.9 Å². The van der Waals surface area contributed by atoms with Crippen molar-refractivity contribution in [3.8, 4) is 0 Å². The van der Waals surface area contributed by atoms with E-state index in [1.165, 1.54) is 0 Å². The van der Waals surface area contributed by atoms with Crippen LogP contribution < -0.4 is 48.7 Å². The largest absolute Gasteiger partial charge is 0.445 e. The molecule has 6 rings (SSSR count). The van der Waals surface area contributed by atoms with Gasteiger partial charge in [0.25, 0.3) is 11.8 Å². The zero-order chi connectivity index (χ0) is 60.5. The van der Waals surface area contributed by atoms with Gasteiger partial charge in [0.15, 0.2) is 0 Å². The molecule has 23 heteroatoms. The zero-order valence-electron chi connectivity index (χ0n) is 48.5. The molecule has 0 saturated heterocycles. The number of hydrogen-bond donors (Lipinski definition) is 9. The number of nitrogens with zero attached hydrogens (tertiary/aromatic N) is 4. The van der Waals surface area contributed by atoms with Crippen LogP contribution >= 0.6 is 22.6 Å². The number of aromatic nitrogens is 1. The van der Waals surface area contributed by atoms with Crippen molar-refractivity contribution in [3.63, 3.8) is 0 Å². The molecule has 1 aromatic heterocycles. The molecule has 2 aliphatic heterocycles. The summed E-state index contributed by atoms with van der Waals surface area (Å²) >= 11 is 2.29. The van der Waals surface area contributed by atoms with E-state index in [2.05, 4.69) is 74.7 Å². The second kappa shape index (κ2) is 33.4. The van der Waals surface area contributed by atoms with Crippen LogP contribution in [0.3, 0.4) is 0 Å². The molecule has 22 nitrogen and oxygen atoms in total. The minimum Gasteiger partial charge on any atom is -0.445 e. The van der Waals surface area contributed by atoms with E-state index in [1.54, 1.807) is 60.8 Å². The van der Waals surface area contributed by atoms with Gasteiger partial charge in [0.1, 0.15) is 24.5 Å². The van der Waals surface area contributed by atoms with Crippen molar-refractivity contribution in [3.05, 3.63) is 124 Å². The number of primary amides is 1. The lowest BCUT2D eigenvalue weighted by atomic mass is 10.0. The Kier molecular flexibility index (Phi) is 25.9. The van der Waals surface area contributed by atoms with Gasteiger partial charge in [-0.2, -0.15) is 0 Å². The molecule has 84 heavy (non-hydrogen) atoms. The second-order valence-corrected chi connectivity index (χ2v) is 22.3. The summed E-state index contributed by atoms with van der Waals surface area (Å²) < 4.78 is 6.37. The van der Waals surface area contributed by atoms with Crippen LogP contribution in [0.1, 0.15) is 134 Å². The number of fused-ring (bicyclic) bond motifs is 2. The number of anilines is 2. The molecule has 3 heterocycles. The molecule has 9 amide bonds. The van der Waals surface area contributed by atoms with Gasteiger partial charge in [-0.25, -0.2) is 14.6 Å². The van der Waals surface area contributed by atoms with E-state index in [9.17, 15) is 38.4 Å². The van der Waals surface area contributed by atoms with Crippen LogP contribution in [0, 0.1) is 5.92 Å². The number of pyridine rings is 1. The van der Waals surface area contributed by atoms with Gasteiger partial charge in [-0.3, -0.25) is 38.7 Å². The molecule has 0 bridgehead atoms. The van der Waals surface area contributed by atoms with Crippen molar-refractivity contribution in [2.75, 3.05) is 54.3 Å². The lowest BCUT2D eigenvalue weighted by molar-refractivity contribution is -0.132. The van der Waals surface area contributed by atoms with Crippen molar-refractivity contribution < 1.29 is 43.1 Å². The van der Waals surface area contributed by atoms with Gasteiger partial charge in [0.05, 0.1) is 17.6 Å². The third kappa shape index (κ3) is 20.7. The van der Waals surface area contributed by atoms with Crippen LogP contribution in [0.2, 0.25) is 0 Å². The molecular weight excluding hydrogens is 1190 g/mol. The van der Waals surface area contributed by atoms with Gasteiger partial charge in [-0.1, -0.05) is 87.0 Å². The Morgan fingerprint density at radius 1 is 0.762 bits per heavy atom. The molecule has 0 saturated carbocycles. The van der Waals surface area contributed by atoms with Crippen LogP contribution in [0.5, 0.6) is 0 Å². The summed E-state index contributed by atoms with van der Waals surface area (Å²) in [5.41, 5.74) is 18.7. The fourth-order valence-electron chi connectivity index (χ4n) is 9.58. The molecule has 2 aliphatic rings. The minimum atomic E-state index is -0.999. The number of carbonyl (C=O) groups is 8. The van der Waals surface area contributed by atoms with E-state index in [4.69, 9.17) is 16.2 Å². The molecule has 11 N–H and O–H groups in total. The van der Waals surface area contributed by atoms with Crippen molar-refractivity contribution in [2.45, 2.75) is 124 Å². The standard InChI is InChI=1S/C61H80IN13O9/c1-5-28-75(29-6-2)59(81)45-31-43-19-20-44(33-51(43)71-52(63)34-45)56(78)70-48-32-46-37-74(30-23-49(46)68-35-48)36-40-13-17-42(18-14-40)55(77)65-26-27-67-61(83)84-38-41-15-21-47(22-16-41)69-57(79)50(11-10-25-66-60(64)82)72-58(80)54(39(3)4)73-53(76)12-8-7-9-24-62/h13-22,31-33,35,39,50,54H,5-12,23-30,34,36-38H2,1-4H3,(H2,63,71)(H,65,77)(H,67,83)(H,69,79)(H,70,78)(H,72,80)(H,73,76)(H3,64,66,82). The maximum atomic E-state index is 13.6. The first-order chi connectivity index (χ1) is 40.4. The van der Waals surface area contributed by atoms with Gasteiger partial charge in [0.2, 0.25) is 23.6 Å². The molecule has 0 spiro atoms. The highest BCUT2D eigenvalue weighted by Crippen LogP contribution is 2.30. The Bertz CT molecular complexity index is 3000. The lowest BCUT2D eigenvalue weighted by Crippen LogP contribution is -2.54. The summed E-state index contributed by atoms with van der Waals surface area (Å²) in [5.74, 6) is -1.87. The normalized spacial score (nSPS) is 13.5. The highest BCUT2D eigenvalue weighted by molar-refractivity contribution is 14.1. The Balaban J connectivity index is 0.911. The number of rotatable bonds is 30. The summed E-state index contributed by atoms with van der Waals surface area (Å²) in [6.45, 7) is 11.4. The van der Waals surface area contributed by atoms with Crippen LogP contribution in [0.25, 0.3) is 6.08 Å². The fraction of sp³-hybridized carbons (Fsp3) is 0.443. The second-order valence-electron chi connectivity index (χ2n) is 21.2. The first-order valence-electron chi connectivity index (χ1n) is 28.8. The summed E-state index contributed by atoms with van der Waals surface area (Å²) in [6.07, 6.45) is 8.89. The van der Waals surface area contributed by atoms with Crippen LogP contribution in [-0.4, -0.2) is 124 Å². The van der Waals surface area contributed by atoms with Crippen LogP contribution in [0.15, 0.2) is 89.6 Å². The summed E-state index contributed by atoms with van der Waals surface area (Å²) in [4.78, 5) is 117. The zero-order valence-corrected chi connectivity index (χ0v) is 50.6. The van der Waals surface area contributed by atoms with Crippen LogP contribution in [-0.2, 0) is 50.0 Å². The van der Waals surface area contributed by atoms with Gasteiger partial charge in [-0.15, -0.1) is 0 Å². The van der Waals surface area contributed by atoms with Gasteiger partial charge < -0.3 is 58.3 Å². The maximum Gasteiger partial charge on any atom is 0.407 e. The Morgan fingerprint density at radius 2 is 1.48 bits per heavy atom. The predicted molar refractivity (Wildman–Crippen MR) is 332 cm³/mol. The summed E-state index contributed by atoms with van der Waals surface area (Å²) in [6, 6.07) is 18.5. The third-order valence-corrected chi connectivity index (χ3v) is 14.7. The number of nitrogens with two attached hydrogens (primary N) is 2. The average molecular weight is 1270 g/mol. The molecule has 4 aromatic rings. The lowest BCUT2D eigenvalue weighted by Gasteiger charge is -2.28. The van der Waals surface area contributed by atoms with E-state index < -0.39 is 36.0 Å². The fourth-order valence-corrected chi connectivity index (χ4v) is 10.1. The Hall–Kier alpha value is -7.93. The number of nitrogens with one attached hydrogen (secondary N) is 7. The number of amidine groups is 1. The summed E-state index contributed by atoms with van der Waals surface area (Å²) in [7, 11) is 0. The first-order valence-corrected chi connectivity index (χ1v) is 30.3. The highest BCUT2D eigenvalue weighted by Gasteiger charge is 2.29. The molecule has 2 atom stereocenters. The van der Waals surface area contributed by atoms with Gasteiger partial charge in [0, 0.05) is 105 Å². The molecule has 450 valence electrons. The average Bonchev–Trinajstić information content (AvgIpc) is 3.77. The highest BCUT2D eigenvalue weighted by atomic mass is 127. The maximum absolute atomic E-state index is 13.6. The van der Waals surface area contributed by atoms with E-state index in [0.29, 0.717) is 96.2 Å². The number of alkyl carbamates (subject to hydrolysis) is 1. The number of ether oxygens (including phenoxy) is 1. The number of halogens is 1. The number of unbranched alkanes of at least 4 members (excludes halogenated alkanes) is 2.